The smallest absolute Gasteiger partial charge is 0.184 e. The van der Waals surface area contributed by atoms with Crippen LogP contribution in [0.4, 0.5) is 0 Å². The summed E-state index contributed by atoms with van der Waals surface area (Å²) in [4.78, 5) is 15.0. The number of hydrogen-bond donors (Lipinski definition) is 0. The van der Waals surface area contributed by atoms with E-state index in [-0.39, 0.29) is 5.78 Å². The molecule has 0 unspecified atom stereocenters. The van der Waals surface area contributed by atoms with E-state index in [1.165, 1.54) is 6.42 Å². The lowest BCUT2D eigenvalue weighted by Gasteiger charge is -2.39. The van der Waals surface area contributed by atoms with E-state index in [0.29, 0.717) is 15.6 Å². The summed E-state index contributed by atoms with van der Waals surface area (Å²) in [6.45, 7) is 5.88. The Bertz CT molecular complexity index is 479. The normalized spacial score (nSPS) is 17.5. The number of halogens is 2. The number of carbonyl (C=O) groups is 1. The standard InChI is InChI=1S/C15H19Cl2NO/c1-15(2,18-8-4-3-5-9-18)14(19)12-10-11(16)6-7-13(12)17/h6-7,10H,3-5,8-9H2,1-2H3. The maximum absolute atomic E-state index is 12.8. The van der Waals surface area contributed by atoms with Crippen LogP contribution in [0.2, 0.25) is 10.0 Å². The number of carbonyl (C=O) groups excluding carboxylic acids is 1. The summed E-state index contributed by atoms with van der Waals surface area (Å²) in [6, 6.07) is 5.05. The lowest BCUT2D eigenvalue weighted by molar-refractivity contribution is 0.0579. The fourth-order valence-electron chi connectivity index (χ4n) is 2.60. The van der Waals surface area contributed by atoms with Crippen molar-refractivity contribution in [3.05, 3.63) is 33.8 Å². The fourth-order valence-corrected chi connectivity index (χ4v) is 2.97. The number of Topliss-reactive ketones (excluding diaryl/α,β-unsaturated/α-hetero) is 1. The van der Waals surface area contributed by atoms with Crippen LogP contribution < -0.4 is 0 Å². The van der Waals surface area contributed by atoms with E-state index in [9.17, 15) is 4.79 Å². The minimum absolute atomic E-state index is 0.0434. The molecule has 0 aromatic heterocycles. The molecule has 1 aliphatic heterocycles. The van der Waals surface area contributed by atoms with Crippen LogP contribution in [0.3, 0.4) is 0 Å². The van der Waals surface area contributed by atoms with Gasteiger partial charge >= 0.3 is 0 Å². The summed E-state index contributed by atoms with van der Waals surface area (Å²) in [5.41, 5.74) is -0.0147. The largest absolute Gasteiger partial charge is 0.292 e. The van der Waals surface area contributed by atoms with Crippen LogP contribution in [0.15, 0.2) is 18.2 Å². The quantitative estimate of drug-likeness (QED) is 0.769. The van der Waals surface area contributed by atoms with Gasteiger partial charge in [-0.25, -0.2) is 0 Å². The maximum atomic E-state index is 12.8. The third-order valence-corrected chi connectivity index (χ3v) is 4.44. The molecule has 0 N–H and O–H groups in total. The van der Waals surface area contributed by atoms with E-state index >= 15 is 0 Å². The average Bonchev–Trinajstić information content (AvgIpc) is 2.41. The highest BCUT2D eigenvalue weighted by atomic mass is 35.5. The molecule has 2 rings (SSSR count). The maximum Gasteiger partial charge on any atom is 0.184 e. The molecule has 1 fully saturated rings. The van der Waals surface area contributed by atoms with Crippen LogP contribution in [0.5, 0.6) is 0 Å². The molecule has 0 bridgehead atoms. The molecule has 1 saturated heterocycles. The van der Waals surface area contributed by atoms with Crippen molar-refractivity contribution < 1.29 is 4.79 Å². The highest BCUT2D eigenvalue weighted by Gasteiger charge is 2.36. The van der Waals surface area contributed by atoms with Crippen molar-refractivity contribution in [3.8, 4) is 0 Å². The Morgan fingerprint density at radius 2 is 1.79 bits per heavy atom. The van der Waals surface area contributed by atoms with Crippen LogP contribution >= 0.6 is 23.2 Å². The van der Waals surface area contributed by atoms with E-state index in [0.717, 1.165) is 25.9 Å². The summed E-state index contributed by atoms with van der Waals surface area (Å²) in [7, 11) is 0. The van der Waals surface area contributed by atoms with Crippen LogP contribution in [-0.2, 0) is 0 Å². The van der Waals surface area contributed by atoms with Gasteiger partial charge in [-0.15, -0.1) is 0 Å². The van der Waals surface area contributed by atoms with Gasteiger partial charge in [-0.3, -0.25) is 9.69 Å². The number of hydrogen-bond acceptors (Lipinski definition) is 2. The van der Waals surface area contributed by atoms with Gasteiger partial charge < -0.3 is 0 Å². The van der Waals surface area contributed by atoms with Crippen molar-refractivity contribution in [1.82, 2.24) is 4.90 Å². The summed E-state index contributed by atoms with van der Waals surface area (Å²) in [6.07, 6.45) is 3.55. The zero-order valence-corrected chi connectivity index (χ0v) is 12.9. The molecule has 104 valence electrons. The number of benzene rings is 1. The minimum Gasteiger partial charge on any atom is -0.292 e. The Labute approximate surface area is 124 Å². The molecule has 0 saturated carbocycles. The van der Waals surface area contributed by atoms with E-state index < -0.39 is 5.54 Å². The Hall–Kier alpha value is -0.570. The molecule has 2 nitrogen and oxygen atoms in total. The Morgan fingerprint density at radius 1 is 1.16 bits per heavy atom. The molecule has 0 amide bonds. The number of rotatable bonds is 3. The number of likely N-dealkylation sites (tertiary alicyclic amines) is 1. The zero-order valence-electron chi connectivity index (χ0n) is 11.4. The van der Waals surface area contributed by atoms with Crippen LogP contribution in [0, 0.1) is 0 Å². The molecule has 4 heteroatoms. The van der Waals surface area contributed by atoms with E-state index in [1.54, 1.807) is 18.2 Å². The van der Waals surface area contributed by atoms with E-state index in [1.807, 2.05) is 13.8 Å². The molecule has 1 heterocycles. The Balaban J connectivity index is 2.28. The highest BCUT2D eigenvalue weighted by Crippen LogP contribution is 2.29. The second-order valence-electron chi connectivity index (χ2n) is 5.56. The summed E-state index contributed by atoms with van der Waals surface area (Å²) in [5.74, 6) is 0.0434. The molecular weight excluding hydrogens is 281 g/mol. The second-order valence-corrected chi connectivity index (χ2v) is 6.40. The van der Waals surface area contributed by atoms with E-state index in [4.69, 9.17) is 23.2 Å². The molecule has 0 atom stereocenters. The fraction of sp³-hybridized carbons (Fsp3) is 0.533. The molecule has 1 aliphatic rings. The first-order chi connectivity index (χ1) is 8.93. The van der Waals surface area contributed by atoms with Crippen molar-refractivity contribution in [2.75, 3.05) is 13.1 Å². The molecule has 0 spiro atoms. The molecular formula is C15H19Cl2NO. The lowest BCUT2D eigenvalue weighted by Crippen LogP contribution is -2.52. The van der Waals surface area contributed by atoms with E-state index in [2.05, 4.69) is 4.90 Å². The van der Waals surface area contributed by atoms with Crippen molar-refractivity contribution >= 4 is 29.0 Å². The van der Waals surface area contributed by atoms with Crippen molar-refractivity contribution in [2.24, 2.45) is 0 Å². The highest BCUT2D eigenvalue weighted by molar-refractivity contribution is 6.36. The molecule has 1 aromatic rings. The number of piperidine rings is 1. The van der Waals surface area contributed by atoms with Gasteiger partial charge in [0.25, 0.3) is 0 Å². The first-order valence-electron chi connectivity index (χ1n) is 6.68. The van der Waals surface area contributed by atoms with Gasteiger partial charge in [-0.2, -0.15) is 0 Å². The second kappa shape index (κ2) is 5.82. The van der Waals surface area contributed by atoms with Crippen LogP contribution in [-0.4, -0.2) is 29.3 Å². The molecule has 1 aromatic carbocycles. The van der Waals surface area contributed by atoms with Gasteiger partial charge in [0.05, 0.1) is 10.6 Å². The first-order valence-corrected chi connectivity index (χ1v) is 7.43. The summed E-state index contributed by atoms with van der Waals surface area (Å²) < 4.78 is 0. The predicted octanol–water partition coefficient (Wildman–Crippen LogP) is 4.44. The van der Waals surface area contributed by atoms with Gasteiger partial charge in [0.15, 0.2) is 5.78 Å². The summed E-state index contributed by atoms with van der Waals surface area (Å²) in [5, 5.41) is 1.02. The molecule has 0 radical (unpaired) electrons. The van der Waals surface area contributed by atoms with Crippen molar-refractivity contribution in [3.63, 3.8) is 0 Å². The van der Waals surface area contributed by atoms with Gasteiger partial charge in [0.2, 0.25) is 0 Å². The summed E-state index contributed by atoms with van der Waals surface area (Å²) >= 11 is 12.1. The van der Waals surface area contributed by atoms with Crippen molar-refractivity contribution in [2.45, 2.75) is 38.6 Å². The minimum atomic E-state index is -0.533. The van der Waals surface area contributed by atoms with Gasteiger partial charge in [-0.1, -0.05) is 29.6 Å². The number of nitrogens with zero attached hydrogens (tertiary/aromatic N) is 1. The Kier molecular flexibility index (Phi) is 4.54. The lowest BCUT2D eigenvalue weighted by atomic mass is 9.89. The third kappa shape index (κ3) is 3.13. The van der Waals surface area contributed by atoms with Crippen LogP contribution in [0.25, 0.3) is 0 Å². The van der Waals surface area contributed by atoms with Crippen LogP contribution in [0.1, 0.15) is 43.5 Å². The third-order valence-electron chi connectivity index (χ3n) is 3.88. The SMILES string of the molecule is CC(C)(C(=O)c1cc(Cl)ccc1Cl)N1CCCCC1. The van der Waals surface area contributed by atoms with Gasteiger partial charge in [0, 0.05) is 10.6 Å². The predicted molar refractivity (Wildman–Crippen MR) is 80.3 cm³/mol. The van der Waals surface area contributed by atoms with Crippen molar-refractivity contribution in [1.29, 1.82) is 0 Å². The first kappa shape index (κ1) is 14.8. The average molecular weight is 300 g/mol. The monoisotopic (exact) mass is 299 g/mol. The Morgan fingerprint density at radius 3 is 2.42 bits per heavy atom. The topological polar surface area (TPSA) is 20.3 Å². The molecule has 19 heavy (non-hydrogen) atoms. The van der Waals surface area contributed by atoms with Gasteiger partial charge in [-0.05, 0) is 58.0 Å². The zero-order chi connectivity index (χ0) is 14.0. The number of ketones is 1. The van der Waals surface area contributed by atoms with Gasteiger partial charge in [0.1, 0.15) is 0 Å². The molecule has 0 aliphatic carbocycles.